The molecule has 0 unspecified atom stereocenters. The predicted molar refractivity (Wildman–Crippen MR) is 114 cm³/mol. The van der Waals surface area contributed by atoms with E-state index in [0.717, 1.165) is 5.56 Å². The van der Waals surface area contributed by atoms with Gasteiger partial charge in [0.2, 0.25) is 5.91 Å². The molecule has 1 amide bonds. The van der Waals surface area contributed by atoms with Gasteiger partial charge in [-0.15, -0.1) is 0 Å². The summed E-state index contributed by atoms with van der Waals surface area (Å²) in [5.74, 6) is -2.64. The Morgan fingerprint density at radius 1 is 0.900 bits per heavy atom. The number of halogens is 1. The zero-order chi connectivity index (χ0) is 21.1. The van der Waals surface area contributed by atoms with Gasteiger partial charge in [0.05, 0.1) is 11.7 Å². The molecule has 0 spiro atoms. The van der Waals surface area contributed by atoms with Crippen molar-refractivity contribution in [1.82, 2.24) is 0 Å². The molecule has 1 aliphatic rings. The van der Waals surface area contributed by atoms with Crippen LogP contribution in [0.15, 0.2) is 84.9 Å². The fourth-order valence-corrected chi connectivity index (χ4v) is 3.72. The van der Waals surface area contributed by atoms with E-state index >= 15 is 0 Å². The first kappa shape index (κ1) is 19.9. The summed E-state index contributed by atoms with van der Waals surface area (Å²) < 4.78 is 0. The maximum absolute atomic E-state index is 13.3. The minimum absolute atomic E-state index is 0.447. The molecule has 0 aromatic heterocycles. The van der Waals surface area contributed by atoms with E-state index in [-0.39, 0.29) is 0 Å². The number of hydroxylamine groups is 1. The molecule has 1 heterocycles. The molecule has 0 aliphatic carbocycles. The van der Waals surface area contributed by atoms with Gasteiger partial charge in [-0.3, -0.25) is 9.63 Å². The first-order chi connectivity index (χ1) is 14.5. The Morgan fingerprint density at radius 2 is 1.50 bits per heavy atom. The van der Waals surface area contributed by atoms with Crippen LogP contribution in [0.5, 0.6) is 0 Å². The Kier molecular flexibility index (Phi) is 5.70. The van der Waals surface area contributed by atoms with Gasteiger partial charge in [0, 0.05) is 10.7 Å². The monoisotopic (exact) mass is 422 g/mol. The number of nitrogens with zero attached hydrogens (tertiary/aromatic N) is 1. The number of anilines is 2. The molecule has 0 radical (unpaired) electrons. The van der Waals surface area contributed by atoms with Crippen molar-refractivity contribution in [3.8, 4) is 0 Å². The lowest BCUT2D eigenvalue weighted by Gasteiger charge is -2.27. The Morgan fingerprint density at radius 3 is 2.10 bits per heavy atom. The number of carboxylic acid groups (broad SMARTS) is 1. The molecule has 4 rings (SSSR count). The third-order valence-corrected chi connectivity index (χ3v) is 5.21. The van der Waals surface area contributed by atoms with Gasteiger partial charge in [-0.05, 0) is 42.0 Å². The quantitative estimate of drug-likeness (QED) is 0.631. The van der Waals surface area contributed by atoms with Crippen molar-refractivity contribution < 1.29 is 19.5 Å². The summed E-state index contributed by atoms with van der Waals surface area (Å²) in [5.41, 5.74) is 1.97. The molecule has 30 heavy (non-hydrogen) atoms. The zero-order valence-electron chi connectivity index (χ0n) is 15.8. The van der Waals surface area contributed by atoms with Gasteiger partial charge >= 0.3 is 5.97 Å². The lowest BCUT2D eigenvalue weighted by molar-refractivity contribution is -0.151. The molecule has 1 aliphatic heterocycles. The van der Waals surface area contributed by atoms with Crippen LogP contribution in [0.4, 0.5) is 11.4 Å². The molecule has 1 saturated heterocycles. The van der Waals surface area contributed by atoms with Crippen LogP contribution in [0, 0.1) is 5.92 Å². The second kappa shape index (κ2) is 8.57. The first-order valence-corrected chi connectivity index (χ1v) is 9.77. The number of amides is 1. The fraction of sp³-hybridized carbons (Fsp3) is 0.130. The number of hydrogen-bond donors (Lipinski definition) is 2. The number of aliphatic carboxylic acids is 1. The Bertz CT molecular complexity index is 1030. The summed E-state index contributed by atoms with van der Waals surface area (Å²) in [4.78, 5) is 31.1. The molecule has 0 saturated carbocycles. The summed E-state index contributed by atoms with van der Waals surface area (Å²) in [6, 6.07) is 24.4. The molecular formula is C23H19ClN2O4. The van der Waals surface area contributed by atoms with E-state index < -0.39 is 29.9 Å². The highest BCUT2D eigenvalue weighted by atomic mass is 35.5. The number of hydrogen-bond acceptors (Lipinski definition) is 4. The third-order valence-electron chi connectivity index (χ3n) is 4.96. The van der Waals surface area contributed by atoms with Crippen LogP contribution in [0.25, 0.3) is 0 Å². The van der Waals surface area contributed by atoms with Crippen LogP contribution < -0.4 is 10.4 Å². The molecule has 3 atom stereocenters. The topological polar surface area (TPSA) is 78.9 Å². The zero-order valence-corrected chi connectivity index (χ0v) is 16.6. The standard InChI is InChI=1S/C23H19ClN2O4/c24-16-11-13-17(14-12-16)25-22(27)19-20(15-7-3-1-4-8-15)26(30-21(19)23(28)29)18-9-5-2-6-10-18/h1-14,19-21H,(H,25,27)(H,28,29)/t19-,20-,21+/m0/s1. The number of para-hydroxylation sites is 1. The second-order valence-electron chi connectivity index (χ2n) is 6.90. The smallest absolute Gasteiger partial charge is 0.336 e. The van der Waals surface area contributed by atoms with Crippen molar-refractivity contribution in [3.05, 3.63) is 95.5 Å². The maximum atomic E-state index is 13.3. The summed E-state index contributed by atoms with van der Waals surface area (Å²) in [6.07, 6.45) is -1.34. The fourth-order valence-electron chi connectivity index (χ4n) is 3.59. The average molecular weight is 423 g/mol. The highest BCUT2D eigenvalue weighted by Crippen LogP contribution is 2.43. The minimum Gasteiger partial charge on any atom is -0.479 e. The number of benzene rings is 3. The van der Waals surface area contributed by atoms with Crippen molar-refractivity contribution in [3.63, 3.8) is 0 Å². The van der Waals surface area contributed by atoms with Crippen molar-refractivity contribution in [2.24, 2.45) is 5.92 Å². The highest BCUT2D eigenvalue weighted by molar-refractivity contribution is 6.30. The van der Waals surface area contributed by atoms with Crippen molar-refractivity contribution in [1.29, 1.82) is 0 Å². The van der Waals surface area contributed by atoms with Crippen molar-refractivity contribution in [2.45, 2.75) is 12.1 Å². The number of nitrogens with one attached hydrogen (secondary N) is 1. The van der Waals surface area contributed by atoms with Crippen LogP contribution in [0.3, 0.4) is 0 Å². The lowest BCUT2D eigenvalue weighted by atomic mass is 9.88. The average Bonchev–Trinajstić information content (AvgIpc) is 3.18. The molecule has 6 nitrogen and oxygen atoms in total. The highest BCUT2D eigenvalue weighted by Gasteiger charge is 2.52. The van der Waals surface area contributed by atoms with E-state index in [1.807, 2.05) is 60.7 Å². The van der Waals surface area contributed by atoms with Gasteiger partial charge in [0.1, 0.15) is 5.92 Å². The van der Waals surface area contributed by atoms with Crippen LogP contribution in [0.1, 0.15) is 11.6 Å². The van der Waals surface area contributed by atoms with E-state index in [2.05, 4.69) is 5.32 Å². The lowest BCUT2D eigenvalue weighted by Crippen LogP contribution is -2.37. The predicted octanol–water partition coefficient (Wildman–Crippen LogP) is 4.54. The van der Waals surface area contributed by atoms with Gasteiger partial charge in [-0.1, -0.05) is 60.1 Å². The summed E-state index contributed by atoms with van der Waals surface area (Å²) in [7, 11) is 0. The van der Waals surface area contributed by atoms with Crippen LogP contribution in [-0.2, 0) is 14.4 Å². The second-order valence-corrected chi connectivity index (χ2v) is 7.34. The number of carbonyl (C=O) groups is 2. The maximum Gasteiger partial charge on any atom is 0.336 e. The Balaban J connectivity index is 1.74. The van der Waals surface area contributed by atoms with E-state index in [0.29, 0.717) is 16.4 Å². The van der Waals surface area contributed by atoms with Gasteiger partial charge in [0.25, 0.3) is 0 Å². The summed E-state index contributed by atoms with van der Waals surface area (Å²) in [5, 5.41) is 14.7. The van der Waals surface area contributed by atoms with Gasteiger partial charge in [-0.2, -0.15) is 0 Å². The molecule has 0 bridgehead atoms. The van der Waals surface area contributed by atoms with Gasteiger partial charge < -0.3 is 10.4 Å². The van der Waals surface area contributed by atoms with E-state index in [9.17, 15) is 14.7 Å². The summed E-state index contributed by atoms with van der Waals surface area (Å²) in [6.45, 7) is 0. The molecular weight excluding hydrogens is 404 g/mol. The molecule has 7 heteroatoms. The first-order valence-electron chi connectivity index (χ1n) is 9.40. The van der Waals surface area contributed by atoms with Gasteiger partial charge in [0.15, 0.2) is 6.10 Å². The van der Waals surface area contributed by atoms with Crippen LogP contribution in [-0.4, -0.2) is 23.1 Å². The van der Waals surface area contributed by atoms with Crippen molar-refractivity contribution >= 4 is 34.9 Å². The number of rotatable bonds is 5. The van der Waals surface area contributed by atoms with E-state index in [1.165, 1.54) is 5.06 Å². The Labute approximate surface area is 178 Å². The minimum atomic E-state index is -1.34. The van der Waals surface area contributed by atoms with E-state index in [1.54, 1.807) is 24.3 Å². The normalized spacial score (nSPS) is 20.7. The van der Waals surface area contributed by atoms with Crippen LogP contribution in [0.2, 0.25) is 5.02 Å². The van der Waals surface area contributed by atoms with Crippen LogP contribution >= 0.6 is 11.6 Å². The number of carboxylic acids is 1. The summed E-state index contributed by atoms with van der Waals surface area (Å²) >= 11 is 5.91. The van der Waals surface area contributed by atoms with E-state index in [4.69, 9.17) is 16.4 Å². The third kappa shape index (κ3) is 4.01. The molecule has 2 N–H and O–H groups in total. The Hall–Kier alpha value is -3.35. The number of carbonyl (C=O) groups excluding carboxylic acids is 1. The largest absolute Gasteiger partial charge is 0.479 e. The molecule has 3 aromatic carbocycles. The molecule has 3 aromatic rings. The molecule has 1 fully saturated rings. The van der Waals surface area contributed by atoms with Crippen molar-refractivity contribution in [2.75, 3.05) is 10.4 Å². The van der Waals surface area contributed by atoms with Gasteiger partial charge in [-0.25, -0.2) is 9.86 Å². The SMILES string of the molecule is O=C(Nc1ccc(Cl)cc1)[C@@H]1[C@H](C(=O)O)ON(c2ccccc2)[C@H]1c1ccccc1. The molecule has 152 valence electrons.